The largest absolute Gasteiger partial charge is 0.497 e. The van der Waals surface area contributed by atoms with Gasteiger partial charge in [0.25, 0.3) is 0 Å². The minimum absolute atomic E-state index is 0.0513. The number of ether oxygens (including phenoxy) is 3. The average molecular weight is 456 g/mol. The Balaban J connectivity index is 1.50. The van der Waals surface area contributed by atoms with Gasteiger partial charge in [-0.15, -0.1) is 15.3 Å². The minimum atomic E-state index is -3.66. The van der Waals surface area contributed by atoms with Gasteiger partial charge in [-0.3, -0.25) is 4.98 Å². The van der Waals surface area contributed by atoms with Crippen LogP contribution in [0.4, 0.5) is 0 Å². The van der Waals surface area contributed by atoms with Crippen LogP contribution in [0.25, 0.3) is 17.0 Å². The van der Waals surface area contributed by atoms with Crippen LogP contribution < -0.4 is 18.9 Å². The zero-order valence-corrected chi connectivity index (χ0v) is 18.1. The molecule has 32 heavy (non-hydrogen) atoms. The Morgan fingerprint density at radius 1 is 1.06 bits per heavy atom. The van der Waals surface area contributed by atoms with Gasteiger partial charge in [0.2, 0.25) is 15.9 Å². The lowest BCUT2D eigenvalue weighted by Crippen LogP contribution is -2.28. The number of rotatable bonds is 9. The Bertz CT molecular complexity index is 1330. The van der Waals surface area contributed by atoms with E-state index in [0.29, 0.717) is 28.5 Å². The Hall–Kier alpha value is -3.77. The van der Waals surface area contributed by atoms with Crippen molar-refractivity contribution in [2.45, 2.75) is 4.90 Å². The maximum Gasteiger partial charge on any atom is 0.242 e. The number of nitrogens with zero attached hydrogens (tertiary/aromatic N) is 5. The molecule has 0 unspecified atom stereocenters. The quantitative estimate of drug-likeness (QED) is 0.373. The van der Waals surface area contributed by atoms with Gasteiger partial charge in [-0.05, 0) is 36.4 Å². The van der Waals surface area contributed by atoms with Gasteiger partial charge in [0, 0.05) is 25.0 Å². The molecule has 0 aliphatic carbocycles. The predicted molar refractivity (Wildman–Crippen MR) is 114 cm³/mol. The van der Waals surface area contributed by atoms with Crippen LogP contribution >= 0.6 is 0 Å². The molecule has 4 rings (SSSR count). The second-order valence-electron chi connectivity index (χ2n) is 6.47. The fraction of sp³-hybridized carbons (Fsp3) is 0.200. The van der Waals surface area contributed by atoms with Crippen LogP contribution in [0.2, 0.25) is 0 Å². The van der Waals surface area contributed by atoms with Crippen LogP contribution in [0.1, 0.15) is 0 Å². The number of hydrogen-bond donors (Lipinski definition) is 1. The van der Waals surface area contributed by atoms with Gasteiger partial charge in [0.1, 0.15) is 23.0 Å². The van der Waals surface area contributed by atoms with Crippen LogP contribution in [0.15, 0.2) is 59.8 Å². The Kier molecular flexibility index (Phi) is 6.14. The Morgan fingerprint density at radius 3 is 2.69 bits per heavy atom. The highest BCUT2D eigenvalue weighted by Crippen LogP contribution is 2.32. The van der Waals surface area contributed by atoms with Gasteiger partial charge in [0.15, 0.2) is 11.5 Å². The number of sulfonamides is 1. The Labute approximate surface area is 184 Å². The average Bonchev–Trinajstić information content (AvgIpc) is 3.25. The summed E-state index contributed by atoms with van der Waals surface area (Å²) in [5.41, 5.74) is 1.16. The highest BCUT2D eigenvalue weighted by Gasteiger charge is 2.17. The summed E-state index contributed by atoms with van der Waals surface area (Å²) in [6.07, 6.45) is 2.78. The third kappa shape index (κ3) is 4.45. The molecule has 3 heterocycles. The third-order valence-electron chi connectivity index (χ3n) is 4.47. The second-order valence-corrected chi connectivity index (χ2v) is 8.23. The van der Waals surface area contributed by atoms with Gasteiger partial charge >= 0.3 is 0 Å². The molecule has 0 aliphatic rings. The van der Waals surface area contributed by atoms with Crippen LogP contribution in [-0.4, -0.2) is 60.6 Å². The number of benzene rings is 1. The summed E-state index contributed by atoms with van der Waals surface area (Å²) in [6, 6.07) is 11.7. The van der Waals surface area contributed by atoms with Gasteiger partial charge in [-0.1, -0.05) is 0 Å². The van der Waals surface area contributed by atoms with Crippen molar-refractivity contribution in [2.24, 2.45) is 0 Å². The summed E-state index contributed by atoms with van der Waals surface area (Å²) in [5, 5.41) is 12.8. The standard InChI is InChI=1S/C20H20N6O5S/c1-29-14-5-6-17(30-2)16(12-14)20-24-23-18-7-8-19(25-26(18)20)31-11-10-22-32(27,28)15-4-3-9-21-13-15/h3-9,12-13,22H,10-11H2,1-2H3. The summed E-state index contributed by atoms with van der Waals surface area (Å²) in [6.45, 7) is 0.119. The molecule has 0 amide bonds. The summed E-state index contributed by atoms with van der Waals surface area (Å²) in [7, 11) is -0.533. The van der Waals surface area contributed by atoms with Gasteiger partial charge < -0.3 is 14.2 Å². The lowest BCUT2D eigenvalue weighted by molar-refractivity contribution is 0.306. The summed E-state index contributed by atoms with van der Waals surface area (Å²) >= 11 is 0. The maximum absolute atomic E-state index is 12.2. The van der Waals surface area contributed by atoms with Gasteiger partial charge in [-0.25, -0.2) is 13.1 Å². The molecular formula is C20H20N6O5S. The van der Waals surface area contributed by atoms with Crippen molar-refractivity contribution in [1.29, 1.82) is 0 Å². The van der Waals surface area contributed by atoms with E-state index in [-0.39, 0.29) is 23.9 Å². The second kappa shape index (κ2) is 9.16. The molecule has 0 radical (unpaired) electrons. The molecule has 0 aliphatic heterocycles. The summed E-state index contributed by atoms with van der Waals surface area (Å²) in [5.74, 6) is 1.93. The van der Waals surface area contributed by atoms with Crippen molar-refractivity contribution in [3.05, 3.63) is 54.9 Å². The molecule has 0 fully saturated rings. The molecule has 0 atom stereocenters. The molecule has 0 saturated heterocycles. The monoisotopic (exact) mass is 456 g/mol. The van der Waals surface area contributed by atoms with E-state index in [1.807, 2.05) is 0 Å². The number of aromatic nitrogens is 5. The molecule has 1 aromatic carbocycles. The number of nitrogens with one attached hydrogen (secondary N) is 1. The number of pyridine rings is 1. The number of methoxy groups -OCH3 is 2. The number of hydrogen-bond acceptors (Lipinski definition) is 9. The molecular weight excluding hydrogens is 436 g/mol. The van der Waals surface area contributed by atoms with Crippen LogP contribution in [-0.2, 0) is 10.0 Å². The summed E-state index contributed by atoms with van der Waals surface area (Å²) in [4.78, 5) is 3.90. The zero-order chi connectivity index (χ0) is 22.6. The van der Waals surface area contributed by atoms with Gasteiger partial charge in [0.05, 0.1) is 19.8 Å². The predicted octanol–water partition coefficient (Wildman–Crippen LogP) is 1.56. The van der Waals surface area contributed by atoms with E-state index in [9.17, 15) is 8.42 Å². The molecule has 4 aromatic rings. The molecule has 3 aromatic heterocycles. The fourth-order valence-electron chi connectivity index (χ4n) is 2.93. The zero-order valence-electron chi connectivity index (χ0n) is 17.3. The van der Waals surface area contributed by atoms with E-state index in [0.717, 1.165) is 0 Å². The van der Waals surface area contributed by atoms with Crippen molar-refractivity contribution in [3.8, 4) is 28.8 Å². The molecule has 0 spiro atoms. The Morgan fingerprint density at radius 2 is 1.94 bits per heavy atom. The van der Waals surface area contributed by atoms with Crippen LogP contribution in [0, 0.1) is 0 Å². The first-order chi connectivity index (χ1) is 15.5. The fourth-order valence-corrected chi connectivity index (χ4v) is 3.90. The van der Waals surface area contributed by atoms with E-state index in [4.69, 9.17) is 14.2 Å². The summed E-state index contributed by atoms with van der Waals surface area (Å²) < 4.78 is 44.8. The SMILES string of the molecule is COc1ccc(OC)c(-c2nnc3ccc(OCCNS(=O)(=O)c4cccnc4)nn23)c1. The molecule has 1 N–H and O–H groups in total. The smallest absolute Gasteiger partial charge is 0.242 e. The van der Waals surface area contributed by atoms with Crippen LogP contribution in [0.5, 0.6) is 17.4 Å². The lowest BCUT2D eigenvalue weighted by atomic mass is 10.2. The van der Waals surface area contributed by atoms with E-state index in [2.05, 4.69) is 25.0 Å². The topological polar surface area (TPSA) is 130 Å². The highest BCUT2D eigenvalue weighted by atomic mass is 32.2. The molecule has 12 heteroatoms. The van der Waals surface area contributed by atoms with Gasteiger partial charge in [-0.2, -0.15) is 4.52 Å². The minimum Gasteiger partial charge on any atom is -0.497 e. The maximum atomic E-state index is 12.2. The first kappa shape index (κ1) is 21.5. The van der Waals surface area contributed by atoms with Crippen molar-refractivity contribution in [3.63, 3.8) is 0 Å². The highest BCUT2D eigenvalue weighted by molar-refractivity contribution is 7.89. The third-order valence-corrected chi connectivity index (χ3v) is 5.92. The van der Waals surface area contributed by atoms with Crippen molar-refractivity contribution >= 4 is 15.7 Å². The van der Waals surface area contributed by atoms with Crippen molar-refractivity contribution in [2.75, 3.05) is 27.4 Å². The van der Waals surface area contributed by atoms with E-state index in [1.54, 1.807) is 50.6 Å². The van der Waals surface area contributed by atoms with E-state index < -0.39 is 10.0 Å². The molecule has 166 valence electrons. The molecule has 0 saturated carbocycles. The number of fused-ring (bicyclic) bond motifs is 1. The normalized spacial score (nSPS) is 11.4. The first-order valence-corrected chi connectivity index (χ1v) is 11.0. The molecule has 0 bridgehead atoms. The van der Waals surface area contributed by atoms with Crippen molar-refractivity contribution in [1.82, 2.24) is 29.5 Å². The van der Waals surface area contributed by atoms with E-state index >= 15 is 0 Å². The van der Waals surface area contributed by atoms with Crippen LogP contribution in [0.3, 0.4) is 0 Å². The van der Waals surface area contributed by atoms with Crippen molar-refractivity contribution < 1.29 is 22.6 Å². The first-order valence-electron chi connectivity index (χ1n) is 9.49. The molecule has 11 nitrogen and oxygen atoms in total. The lowest BCUT2D eigenvalue weighted by Gasteiger charge is -2.10. The van der Waals surface area contributed by atoms with E-state index in [1.165, 1.54) is 23.0 Å².